The van der Waals surface area contributed by atoms with Gasteiger partial charge in [0, 0.05) is 25.6 Å². The fourth-order valence-corrected chi connectivity index (χ4v) is 3.03. The van der Waals surface area contributed by atoms with E-state index in [0.717, 1.165) is 37.8 Å². The Hall–Kier alpha value is -1.84. The van der Waals surface area contributed by atoms with Gasteiger partial charge in [-0.25, -0.2) is 0 Å². The van der Waals surface area contributed by atoms with Crippen molar-refractivity contribution < 1.29 is 9.59 Å². The van der Waals surface area contributed by atoms with Crippen LogP contribution in [0, 0.1) is 12.8 Å². The summed E-state index contributed by atoms with van der Waals surface area (Å²) in [6, 6.07) is 8.09. The van der Waals surface area contributed by atoms with Gasteiger partial charge in [-0.05, 0) is 31.7 Å². The second-order valence-corrected chi connectivity index (χ2v) is 6.47. The van der Waals surface area contributed by atoms with Crippen molar-refractivity contribution >= 4 is 11.8 Å². The minimum absolute atomic E-state index is 0.0647. The number of aryl methyl sites for hydroxylation is 1. The largest absolute Gasteiger partial charge is 0.356 e. The van der Waals surface area contributed by atoms with Crippen LogP contribution in [-0.2, 0) is 16.0 Å². The maximum Gasteiger partial charge on any atom is 0.226 e. The molecule has 2 amide bonds. The fraction of sp³-hybridized carbons (Fsp3) is 0.579. The predicted molar refractivity (Wildman–Crippen MR) is 92.1 cm³/mol. The number of carbonyl (C=O) groups excluding carboxylic acids is 2. The molecule has 0 spiro atoms. The minimum Gasteiger partial charge on any atom is -0.356 e. The number of benzene rings is 1. The van der Waals surface area contributed by atoms with Gasteiger partial charge in [0.1, 0.15) is 0 Å². The van der Waals surface area contributed by atoms with Gasteiger partial charge in [-0.15, -0.1) is 0 Å². The monoisotopic (exact) mass is 316 g/mol. The summed E-state index contributed by atoms with van der Waals surface area (Å²) in [4.78, 5) is 26.4. The van der Waals surface area contributed by atoms with E-state index >= 15 is 0 Å². The van der Waals surface area contributed by atoms with Gasteiger partial charge in [-0.1, -0.05) is 43.2 Å². The molecule has 4 nitrogen and oxygen atoms in total. The third kappa shape index (κ3) is 5.38. The molecule has 0 saturated carbocycles. The van der Waals surface area contributed by atoms with Crippen molar-refractivity contribution in [2.45, 2.75) is 46.0 Å². The molecule has 1 fully saturated rings. The fourth-order valence-electron chi connectivity index (χ4n) is 3.03. The summed E-state index contributed by atoms with van der Waals surface area (Å²) in [6.45, 7) is 6.30. The standard InChI is InChI=1S/C19H28N2O2/c1-3-4-10-20-19(23)17-8-11-21(12-9-17)18(22)14-16-7-5-6-15(2)13-16/h5-7,13,17H,3-4,8-12,14H2,1-2H3,(H,20,23). The topological polar surface area (TPSA) is 49.4 Å². The molecule has 0 radical (unpaired) electrons. The summed E-state index contributed by atoms with van der Waals surface area (Å²) < 4.78 is 0. The van der Waals surface area contributed by atoms with Crippen LogP contribution in [0.15, 0.2) is 24.3 Å². The van der Waals surface area contributed by atoms with Crippen LogP contribution in [0.5, 0.6) is 0 Å². The van der Waals surface area contributed by atoms with Crippen LogP contribution in [0.1, 0.15) is 43.7 Å². The van der Waals surface area contributed by atoms with Gasteiger partial charge in [0.15, 0.2) is 0 Å². The number of unbranched alkanes of at least 4 members (excludes halogenated alkanes) is 1. The van der Waals surface area contributed by atoms with E-state index in [9.17, 15) is 9.59 Å². The van der Waals surface area contributed by atoms with E-state index in [-0.39, 0.29) is 17.7 Å². The number of hydrogen-bond acceptors (Lipinski definition) is 2. The Morgan fingerprint density at radius 3 is 2.65 bits per heavy atom. The molecule has 1 aromatic carbocycles. The first kappa shape index (κ1) is 17.5. The van der Waals surface area contributed by atoms with Gasteiger partial charge < -0.3 is 10.2 Å². The quantitative estimate of drug-likeness (QED) is 0.820. The summed E-state index contributed by atoms with van der Waals surface area (Å²) in [5.41, 5.74) is 2.24. The molecule has 1 aromatic rings. The van der Waals surface area contributed by atoms with E-state index in [4.69, 9.17) is 0 Å². The summed E-state index contributed by atoms with van der Waals surface area (Å²) in [5.74, 6) is 0.388. The molecule has 0 unspecified atom stereocenters. The number of piperidine rings is 1. The molecular weight excluding hydrogens is 288 g/mol. The SMILES string of the molecule is CCCCNC(=O)C1CCN(C(=O)Cc2cccc(C)c2)CC1. The molecule has 0 bridgehead atoms. The van der Waals surface area contributed by atoms with Crippen LogP contribution in [0.3, 0.4) is 0 Å². The van der Waals surface area contributed by atoms with Crippen LogP contribution < -0.4 is 5.32 Å². The molecule has 2 rings (SSSR count). The summed E-state index contributed by atoms with van der Waals surface area (Å²) in [5, 5.41) is 3.00. The third-order valence-electron chi connectivity index (χ3n) is 4.49. The Morgan fingerprint density at radius 2 is 2.00 bits per heavy atom. The molecular formula is C19H28N2O2. The molecule has 4 heteroatoms. The van der Waals surface area contributed by atoms with E-state index < -0.39 is 0 Å². The van der Waals surface area contributed by atoms with E-state index in [1.165, 1.54) is 5.56 Å². The van der Waals surface area contributed by atoms with Crippen molar-refractivity contribution in [2.24, 2.45) is 5.92 Å². The molecule has 1 aliphatic rings. The van der Waals surface area contributed by atoms with Gasteiger partial charge in [-0.3, -0.25) is 9.59 Å². The molecule has 0 aliphatic carbocycles. The first-order valence-electron chi connectivity index (χ1n) is 8.71. The lowest BCUT2D eigenvalue weighted by atomic mass is 9.95. The highest BCUT2D eigenvalue weighted by atomic mass is 16.2. The van der Waals surface area contributed by atoms with E-state index in [1.807, 2.05) is 30.0 Å². The Labute approximate surface area is 139 Å². The van der Waals surface area contributed by atoms with Crippen molar-refractivity contribution in [1.29, 1.82) is 0 Å². The number of carbonyl (C=O) groups is 2. The van der Waals surface area contributed by atoms with Crippen LogP contribution >= 0.6 is 0 Å². The normalized spacial score (nSPS) is 15.5. The number of likely N-dealkylation sites (tertiary alicyclic amines) is 1. The highest BCUT2D eigenvalue weighted by molar-refractivity contribution is 5.81. The van der Waals surface area contributed by atoms with Crippen LogP contribution in [0.2, 0.25) is 0 Å². The Morgan fingerprint density at radius 1 is 1.26 bits per heavy atom. The minimum atomic E-state index is 0.0647. The smallest absolute Gasteiger partial charge is 0.226 e. The average molecular weight is 316 g/mol. The van der Waals surface area contributed by atoms with Gasteiger partial charge >= 0.3 is 0 Å². The van der Waals surface area contributed by atoms with Crippen LogP contribution in [-0.4, -0.2) is 36.3 Å². The average Bonchev–Trinajstić information content (AvgIpc) is 2.55. The van der Waals surface area contributed by atoms with E-state index in [0.29, 0.717) is 19.5 Å². The van der Waals surface area contributed by atoms with Gasteiger partial charge in [0.25, 0.3) is 0 Å². The van der Waals surface area contributed by atoms with Crippen molar-refractivity contribution in [3.63, 3.8) is 0 Å². The zero-order valence-electron chi connectivity index (χ0n) is 14.3. The highest BCUT2D eigenvalue weighted by Crippen LogP contribution is 2.18. The van der Waals surface area contributed by atoms with Gasteiger partial charge in [0.2, 0.25) is 11.8 Å². The van der Waals surface area contributed by atoms with Gasteiger partial charge in [-0.2, -0.15) is 0 Å². The molecule has 0 aromatic heterocycles. The Kier molecular flexibility index (Phi) is 6.63. The van der Waals surface area contributed by atoms with Crippen LogP contribution in [0.4, 0.5) is 0 Å². The Bertz CT molecular complexity index is 534. The second-order valence-electron chi connectivity index (χ2n) is 6.47. The zero-order chi connectivity index (χ0) is 16.7. The summed E-state index contributed by atoms with van der Waals surface area (Å²) >= 11 is 0. The third-order valence-corrected chi connectivity index (χ3v) is 4.49. The maximum atomic E-state index is 12.4. The van der Waals surface area contributed by atoms with Crippen LogP contribution in [0.25, 0.3) is 0 Å². The number of nitrogens with zero attached hydrogens (tertiary/aromatic N) is 1. The lowest BCUT2D eigenvalue weighted by Crippen LogP contribution is -2.43. The number of amides is 2. The number of rotatable bonds is 6. The van der Waals surface area contributed by atoms with Gasteiger partial charge in [0.05, 0.1) is 6.42 Å². The lowest BCUT2D eigenvalue weighted by molar-refractivity contribution is -0.135. The molecule has 1 N–H and O–H groups in total. The number of hydrogen-bond donors (Lipinski definition) is 1. The highest BCUT2D eigenvalue weighted by Gasteiger charge is 2.26. The molecule has 1 heterocycles. The molecule has 1 aliphatic heterocycles. The summed E-state index contributed by atoms with van der Waals surface area (Å²) in [7, 11) is 0. The summed E-state index contributed by atoms with van der Waals surface area (Å²) in [6.07, 6.45) is 4.12. The lowest BCUT2D eigenvalue weighted by Gasteiger charge is -2.31. The Balaban J connectivity index is 1.77. The van der Waals surface area contributed by atoms with Crippen molar-refractivity contribution in [2.75, 3.05) is 19.6 Å². The maximum absolute atomic E-state index is 12.4. The molecule has 0 atom stereocenters. The van der Waals surface area contributed by atoms with E-state index in [2.05, 4.69) is 18.3 Å². The number of nitrogens with one attached hydrogen (secondary N) is 1. The first-order valence-corrected chi connectivity index (χ1v) is 8.71. The first-order chi connectivity index (χ1) is 11.1. The van der Waals surface area contributed by atoms with E-state index in [1.54, 1.807) is 0 Å². The molecule has 1 saturated heterocycles. The van der Waals surface area contributed by atoms with Crippen molar-refractivity contribution in [3.05, 3.63) is 35.4 Å². The van der Waals surface area contributed by atoms with Crippen molar-refractivity contribution in [1.82, 2.24) is 10.2 Å². The molecule has 23 heavy (non-hydrogen) atoms. The predicted octanol–water partition coefficient (Wildman–Crippen LogP) is 2.69. The molecule has 126 valence electrons. The second kappa shape index (κ2) is 8.70. The zero-order valence-corrected chi connectivity index (χ0v) is 14.3. The van der Waals surface area contributed by atoms with Crippen molar-refractivity contribution in [3.8, 4) is 0 Å².